The Morgan fingerprint density at radius 3 is 2.73 bits per heavy atom. The van der Waals surface area contributed by atoms with Crippen LogP contribution in [0, 0.1) is 11.6 Å². The normalized spacial score (nSPS) is 14.7. The molecule has 0 aliphatic rings. The van der Waals surface area contributed by atoms with E-state index in [1.807, 2.05) is 0 Å². The van der Waals surface area contributed by atoms with Crippen LogP contribution in [-0.4, -0.2) is 19.8 Å². The molecule has 0 fully saturated rings. The minimum absolute atomic E-state index is 0.0351. The molecule has 3 aromatic rings. The van der Waals surface area contributed by atoms with E-state index in [-0.39, 0.29) is 27.8 Å². The lowest BCUT2D eigenvalue weighted by Gasteiger charge is -2.19. The number of halogens is 3. The number of aromatic nitrogens is 4. The van der Waals surface area contributed by atoms with Crippen molar-refractivity contribution in [1.29, 1.82) is 0 Å². The summed E-state index contributed by atoms with van der Waals surface area (Å²) in [5.41, 5.74) is -0.968. The highest BCUT2D eigenvalue weighted by atomic mass is 35.5. The van der Waals surface area contributed by atoms with Crippen molar-refractivity contribution >= 4 is 17.2 Å². The van der Waals surface area contributed by atoms with Gasteiger partial charge in [-0.25, -0.2) is 8.78 Å². The highest BCUT2D eigenvalue weighted by Crippen LogP contribution is 2.30. The molecule has 2 aromatic heterocycles. The summed E-state index contributed by atoms with van der Waals surface area (Å²) in [7, 11) is 0. The van der Waals surface area contributed by atoms with Gasteiger partial charge in [0, 0.05) is 9.68 Å². The first-order chi connectivity index (χ1) is 11.5. The topological polar surface area (TPSA) is 43.1 Å². The second-order valence-corrected chi connectivity index (χ2v) is 5.75. The fourth-order valence-electron chi connectivity index (χ4n) is 2.09. The third kappa shape index (κ3) is 2.43. The molecule has 3 rings (SSSR count). The van der Waals surface area contributed by atoms with Crippen LogP contribution in [-0.2, 0) is 5.41 Å². The first kappa shape index (κ1) is 11.5. The summed E-state index contributed by atoms with van der Waals surface area (Å²) in [6, 6.07) is 4.37. The van der Waals surface area contributed by atoms with Crippen LogP contribution in [0.3, 0.4) is 0 Å². The molecule has 2 heterocycles. The van der Waals surface area contributed by atoms with Crippen LogP contribution in [0.15, 0.2) is 24.3 Å². The largest absolute Gasteiger partial charge is 0.207 e. The van der Waals surface area contributed by atoms with Gasteiger partial charge in [-0.3, -0.25) is 0 Å². The van der Waals surface area contributed by atoms with Gasteiger partial charge in [0.15, 0.2) is 16.6 Å². The molecular formula is C15H13ClF2N4. The SMILES string of the molecule is [2H]C([2H])([2H])C(C)(C)c1cc2nnc(-c3cc(F)ccc3F)n2nc1Cl. The standard InChI is InChI=1S/C15H13ClF2N4/c1-15(2,3)10-7-12-19-20-14(22(12)21-13(10)16)9-6-8(17)4-5-11(9)18/h4-7H,1-3H3/i1D3. The van der Waals surface area contributed by atoms with E-state index < -0.39 is 23.9 Å². The van der Waals surface area contributed by atoms with E-state index in [0.29, 0.717) is 0 Å². The minimum Gasteiger partial charge on any atom is -0.207 e. The van der Waals surface area contributed by atoms with Crippen molar-refractivity contribution in [3.8, 4) is 11.4 Å². The van der Waals surface area contributed by atoms with Gasteiger partial charge in [0.2, 0.25) is 0 Å². The molecule has 1 aromatic carbocycles. The van der Waals surface area contributed by atoms with Gasteiger partial charge in [-0.2, -0.15) is 9.61 Å². The second-order valence-electron chi connectivity index (χ2n) is 5.39. The summed E-state index contributed by atoms with van der Waals surface area (Å²) in [6.45, 7) is 0.708. The van der Waals surface area contributed by atoms with E-state index in [4.69, 9.17) is 15.7 Å². The third-order valence-corrected chi connectivity index (χ3v) is 3.47. The maximum Gasteiger partial charge on any atom is 0.188 e. The third-order valence-electron chi connectivity index (χ3n) is 3.19. The molecule has 0 unspecified atom stereocenters. The Morgan fingerprint density at radius 1 is 1.23 bits per heavy atom. The van der Waals surface area contributed by atoms with E-state index in [1.54, 1.807) is 0 Å². The van der Waals surface area contributed by atoms with Crippen molar-refractivity contribution < 1.29 is 12.9 Å². The van der Waals surface area contributed by atoms with Crippen molar-refractivity contribution in [3.05, 3.63) is 46.6 Å². The summed E-state index contributed by atoms with van der Waals surface area (Å²) < 4.78 is 51.6. The average molecular weight is 326 g/mol. The Bertz CT molecular complexity index is 969. The molecule has 0 saturated carbocycles. The van der Waals surface area contributed by atoms with Gasteiger partial charge < -0.3 is 0 Å². The predicted molar refractivity (Wildman–Crippen MR) is 79.8 cm³/mol. The predicted octanol–water partition coefficient (Wildman–Crippen LogP) is 4.02. The van der Waals surface area contributed by atoms with Crippen molar-refractivity contribution in [3.63, 3.8) is 0 Å². The number of hydrogen-bond acceptors (Lipinski definition) is 3. The number of hydrogen-bond donors (Lipinski definition) is 0. The van der Waals surface area contributed by atoms with Gasteiger partial charge in [-0.1, -0.05) is 32.3 Å². The van der Waals surface area contributed by atoms with E-state index in [0.717, 1.165) is 22.7 Å². The van der Waals surface area contributed by atoms with Crippen molar-refractivity contribution in [2.75, 3.05) is 0 Å². The van der Waals surface area contributed by atoms with E-state index in [9.17, 15) is 8.78 Å². The summed E-state index contributed by atoms with van der Waals surface area (Å²) in [5, 5.41) is 11.7. The van der Waals surface area contributed by atoms with Crippen LogP contribution in [0.2, 0.25) is 5.15 Å². The Morgan fingerprint density at radius 2 is 2.00 bits per heavy atom. The van der Waals surface area contributed by atoms with Gasteiger partial charge in [0.05, 0.1) is 5.56 Å². The van der Waals surface area contributed by atoms with Crippen LogP contribution in [0.25, 0.3) is 17.0 Å². The molecule has 0 amide bonds. The minimum atomic E-state index is -2.33. The summed E-state index contributed by atoms with van der Waals surface area (Å²) in [4.78, 5) is 0. The first-order valence-electron chi connectivity index (χ1n) is 7.90. The van der Waals surface area contributed by atoms with Gasteiger partial charge >= 0.3 is 0 Å². The van der Waals surface area contributed by atoms with Crippen LogP contribution in [0.1, 0.15) is 30.4 Å². The van der Waals surface area contributed by atoms with Gasteiger partial charge in [-0.15, -0.1) is 10.2 Å². The summed E-state index contributed by atoms with van der Waals surface area (Å²) in [6.07, 6.45) is 0. The molecule has 114 valence electrons. The molecule has 22 heavy (non-hydrogen) atoms. The van der Waals surface area contributed by atoms with Crippen molar-refractivity contribution in [1.82, 2.24) is 19.8 Å². The molecule has 0 N–H and O–H groups in total. The number of nitrogens with zero attached hydrogens (tertiary/aromatic N) is 4. The molecule has 7 heteroatoms. The highest BCUT2D eigenvalue weighted by molar-refractivity contribution is 6.30. The zero-order valence-corrected chi connectivity index (χ0v) is 12.5. The zero-order chi connectivity index (χ0) is 18.6. The van der Waals surface area contributed by atoms with Crippen LogP contribution in [0.4, 0.5) is 8.78 Å². The lowest BCUT2D eigenvalue weighted by molar-refractivity contribution is 0.584. The Labute approximate surface area is 135 Å². The van der Waals surface area contributed by atoms with E-state index in [2.05, 4.69) is 15.3 Å². The molecule has 0 saturated heterocycles. The Hall–Kier alpha value is -2.08. The highest BCUT2D eigenvalue weighted by Gasteiger charge is 2.22. The van der Waals surface area contributed by atoms with Gasteiger partial charge in [-0.05, 0) is 29.7 Å². The molecular weight excluding hydrogens is 310 g/mol. The second kappa shape index (κ2) is 4.98. The fourth-order valence-corrected chi connectivity index (χ4v) is 2.45. The smallest absolute Gasteiger partial charge is 0.188 e. The zero-order valence-electron chi connectivity index (χ0n) is 14.7. The molecule has 0 aliphatic heterocycles. The number of fused-ring (bicyclic) bond motifs is 1. The average Bonchev–Trinajstić information content (AvgIpc) is 2.90. The first-order valence-corrected chi connectivity index (χ1v) is 6.78. The van der Waals surface area contributed by atoms with E-state index >= 15 is 0 Å². The van der Waals surface area contributed by atoms with Crippen LogP contribution >= 0.6 is 11.6 Å². The molecule has 0 atom stereocenters. The van der Waals surface area contributed by atoms with Gasteiger partial charge in [0.25, 0.3) is 0 Å². The number of rotatable bonds is 1. The lowest BCUT2D eigenvalue weighted by atomic mass is 9.88. The molecule has 0 spiro atoms. The Balaban J connectivity index is 2.22. The Kier molecular flexibility index (Phi) is 2.60. The molecule has 0 bridgehead atoms. The van der Waals surface area contributed by atoms with Crippen LogP contribution < -0.4 is 0 Å². The summed E-state index contributed by atoms with van der Waals surface area (Å²) in [5.74, 6) is -1.37. The quantitative estimate of drug-likeness (QED) is 0.678. The molecule has 4 nitrogen and oxygen atoms in total. The summed E-state index contributed by atoms with van der Waals surface area (Å²) >= 11 is 6.18. The monoisotopic (exact) mass is 325 g/mol. The lowest BCUT2D eigenvalue weighted by Crippen LogP contribution is -2.14. The van der Waals surface area contributed by atoms with Crippen LogP contribution in [0.5, 0.6) is 0 Å². The molecule has 0 aliphatic carbocycles. The maximum atomic E-state index is 14.0. The van der Waals surface area contributed by atoms with Gasteiger partial charge in [0.1, 0.15) is 11.6 Å². The fraction of sp³-hybridized carbons (Fsp3) is 0.267. The maximum absolute atomic E-state index is 14.0. The van der Waals surface area contributed by atoms with E-state index in [1.165, 1.54) is 19.9 Å². The number of benzene rings is 1. The molecule has 0 radical (unpaired) electrons. The van der Waals surface area contributed by atoms with Crippen molar-refractivity contribution in [2.24, 2.45) is 0 Å². The van der Waals surface area contributed by atoms with Crippen molar-refractivity contribution in [2.45, 2.75) is 26.1 Å².